The van der Waals surface area contributed by atoms with E-state index in [2.05, 4.69) is 53.8 Å². The Labute approximate surface area is 164 Å². The minimum absolute atomic E-state index is 0.0498. The zero-order valence-electron chi connectivity index (χ0n) is 16.1. The molecule has 0 aliphatic carbocycles. The Morgan fingerprint density at radius 2 is 2.07 bits per heavy atom. The highest BCUT2D eigenvalue weighted by molar-refractivity contribution is 7.98. The van der Waals surface area contributed by atoms with E-state index in [0.29, 0.717) is 6.42 Å². The van der Waals surface area contributed by atoms with E-state index in [0.717, 1.165) is 30.1 Å². The van der Waals surface area contributed by atoms with Gasteiger partial charge in [-0.2, -0.15) is 11.8 Å². The average molecular weight is 383 g/mol. The number of carbonyl (C=O) groups is 1. The van der Waals surface area contributed by atoms with E-state index in [1.165, 1.54) is 16.7 Å². The fourth-order valence-corrected chi connectivity index (χ4v) is 3.71. The Kier molecular flexibility index (Phi) is 6.50. The first-order chi connectivity index (χ1) is 13.1. The maximum absolute atomic E-state index is 12.6. The van der Waals surface area contributed by atoms with Gasteiger partial charge in [0.1, 0.15) is 0 Å². The van der Waals surface area contributed by atoms with Crippen molar-refractivity contribution in [1.82, 2.24) is 19.9 Å². The summed E-state index contributed by atoms with van der Waals surface area (Å²) in [6.07, 6.45) is 6.05. The fraction of sp³-hybridized carbons (Fsp3) is 0.381. The second-order valence-corrected chi connectivity index (χ2v) is 7.80. The highest BCUT2D eigenvalue weighted by Gasteiger charge is 2.20. The second kappa shape index (κ2) is 9.04. The summed E-state index contributed by atoms with van der Waals surface area (Å²) in [7, 11) is 0. The van der Waals surface area contributed by atoms with Gasteiger partial charge in [-0.15, -0.1) is 10.2 Å². The zero-order chi connectivity index (χ0) is 19.2. The van der Waals surface area contributed by atoms with Crippen LogP contribution in [0.2, 0.25) is 0 Å². The smallest absolute Gasteiger partial charge is 0.220 e. The number of carbonyl (C=O) groups excluding carboxylic acids is 1. The normalized spacial score (nSPS) is 12.3. The first-order valence-corrected chi connectivity index (χ1v) is 10.6. The van der Waals surface area contributed by atoms with Crippen LogP contribution in [0.1, 0.15) is 41.4 Å². The van der Waals surface area contributed by atoms with Gasteiger partial charge in [0.25, 0.3) is 0 Å². The average Bonchev–Trinajstić information content (AvgIpc) is 3.08. The van der Waals surface area contributed by atoms with Crippen LogP contribution in [0.15, 0.2) is 42.6 Å². The highest BCUT2D eigenvalue weighted by Crippen LogP contribution is 2.19. The molecule has 3 rings (SSSR count). The summed E-state index contributed by atoms with van der Waals surface area (Å²) in [6.45, 7) is 4.19. The quantitative estimate of drug-likeness (QED) is 0.642. The summed E-state index contributed by atoms with van der Waals surface area (Å²) in [5.41, 5.74) is 4.51. The molecule has 0 spiro atoms. The minimum Gasteiger partial charge on any atom is -0.346 e. The lowest BCUT2D eigenvalue weighted by Gasteiger charge is -2.17. The van der Waals surface area contributed by atoms with Gasteiger partial charge in [-0.1, -0.05) is 29.8 Å². The number of amides is 1. The van der Waals surface area contributed by atoms with E-state index < -0.39 is 0 Å². The molecule has 2 heterocycles. The van der Waals surface area contributed by atoms with Crippen LogP contribution in [0.3, 0.4) is 0 Å². The van der Waals surface area contributed by atoms with E-state index >= 15 is 0 Å². The first-order valence-electron chi connectivity index (χ1n) is 9.22. The molecule has 1 amide bonds. The molecule has 1 aromatic carbocycles. The second-order valence-electron chi connectivity index (χ2n) is 6.82. The third kappa shape index (κ3) is 4.89. The molecule has 27 heavy (non-hydrogen) atoms. The van der Waals surface area contributed by atoms with E-state index in [9.17, 15) is 4.79 Å². The molecule has 3 aromatic rings. The summed E-state index contributed by atoms with van der Waals surface area (Å²) in [5.74, 6) is 1.79. The number of fused-ring (bicyclic) bond motifs is 1. The number of nitrogens with zero attached hydrogens (tertiary/aromatic N) is 3. The summed E-state index contributed by atoms with van der Waals surface area (Å²) in [5, 5.41) is 11.7. The van der Waals surface area contributed by atoms with Crippen LogP contribution < -0.4 is 5.32 Å². The van der Waals surface area contributed by atoms with Crippen molar-refractivity contribution in [3.8, 4) is 0 Å². The number of benzene rings is 1. The van der Waals surface area contributed by atoms with E-state index in [-0.39, 0.29) is 11.9 Å². The standard InChI is InChI=1S/C21H26N4OS/c1-15-7-8-17(16(2)14-15)9-10-20(26)22-18(11-13-27-3)21-24-23-19-6-4-5-12-25(19)21/h4-8,12,14,18H,9-11,13H2,1-3H3,(H,22,26). The number of thioether (sulfide) groups is 1. The van der Waals surface area contributed by atoms with Gasteiger partial charge in [0.05, 0.1) is 6.04 Å². The molecule has 6 heteroatoms. The van der Waals surface area contributed by atoms with Crippen LogP contribution in [0.5, 0.6) is 0 Å². The fourth-order valence-electron chi connectivity index (χ4n) is 3.24. The van der Waals surface area contributed by atoms with Crippen LogP contribution >= 0.6 is 11.8 Å². The summed E-state index contributed by atoms with van der Waals surface area (Å²) in [6, 6.07) is 12.1. The van der Waals surface area contributed by atoms with Crippen LogP contribution in [0.4, 0.5) is 0 Å². The zero-order valence-corrected chi connectivity index (χ0v) is 16.9. The van der Waals surface area contributed by atoms with E-state index in [1.807, 2.05) is 28.8 Å². The lowest BCUT2D eigenvalue weighted by molar-refractivity contribution is -0.121. The Balaban J connectivity index is 1.69. The van der Waals surface area contributed by atoms with Crippen molar-refractivity contribution in [2.45, 2.75) is 39.2 Å². The number of aromatic nitrogens is 3. The molecule has 0 aliphatic heterocycles. The molecule has 0 saturated heterocycles. The van der Waals surface area contributed by atoms with Crippen LogP contribution in [-0.4, -0.2) is 32.5 Å². The lowest BCUT2D eigenvalue weighted by atomic mass is 10.0. The third-order valence-corrected chi connectivity index (χ3v) is 5.36. The highest BCUT2D eigenvalue weighted by atomic mass is 32.2. The van der Waals surface area contributed by atoms with Crippen LogP contribution in [-0.2, 0) is 11.2 Å². The van der Waals surface area contributed by atoms with E-state index in [4.69, 9.17) is 0 Å². The Hall–Kier alpha value is -2.34. The van der Waals surface area contributed by atoms with Crippen molar-refractivity contribution in [2.75, 3.05) is 12.0 Å². The predicted molar refractivity (Wildman–Crippen MR) is 111 cm³/mol. The van der Waals surface area contributed by atoms with Gasteiger partial charge in [-0.25, -0.2) is 0 Å². The van der Waals surface area contributed by atoms with Gasteiger partial charge in [-0.05, 0) is 62.0 Å². The van der Waals surface area contributed by atoms with E-state index in [1.54, 1.807) is 11.8 Å². The molecule has 2 aromatic heterocycles. The van der Waals surface area contributed by atoms with Crippen LogP contribution in [0, 0.1) is 13.8 Å². The topological polar surface area (TPSA) is 59.3 Å². The molecular weight excluding hydrogens is 356 g/mol. The third-order valence-electron chi connectivity index (χ3n) is 4.72. The predicted octanol–water partition coefficient (Wildman–Crippen LogP) is 3.89. The van der Waals surface area contributed by atoms with Gasteiger partial charge < -0.3 is 5.32 Å². The summed E-state index contributed by atoms with van der Waals surface area (Å²) < 4.78 is 1.95. The number of hydrogen-bond acceptors (Lipinski definition) is 4. The number of aryl methyl sites for hydroxylation is 3. The molecule has 1 atom stereocenters. The molecular formula is C21H26N4OS. The van der Waals surface area contributed by atoms with Gasteiger partial charge in [0.15, 0.2) is 11.5 Å². The van der Waals surface area contributed by atoms with Crippen molar-refractivity contribution in [3.63, 3.8) is 0 Å². The Morgan fingerprint density at radius 1 is 1.22 bits per heavy atom. The molecule has 5 nitrogen and oxygen atoms in total. The monoisotopic (exact) mass is 382 g/mol. The molecule has 0 bridgehead atoms. The first kappa shape index (κ1) is 19.4. The van der Waals surface area contributed by atoms with Gasteiger partial charge in [0.2, 0.25) is 5.91 Å². The maximum atomic E-state index is 12.6. The number of rotatable bonds is 8. The van der Waals surface area contributed by atoms with Gasteiger partial charge in [0, 0.05) is 12.6 Å². The molecule has 0 aliphatic rings. The minimum atomic E-state index is -0.138. The van der Waals surface area contributed by atoms with Crippen molar-refractivity contribution < 1.29 is 4.79 Å². The molecule has 1 N–H and O–H groups in total. The van der Waals surface area contributed by atoms with Crippen molar-refractivity contribution in [3.05, 3.63) is 65.1 Å². The molecule has 1 unspecified atom stereocenters. The lowest BCUT2D eigenvalue weighted by Crippen LogP contribution is -2.30. The van der Waals surface area contributed by atoms with Gasteiger partial charge >= 0.3 is 0 Å². The SMILES string of the molecule is CSCCC(NC(=O)CCc1ccc(C)cc1C)c1nnc2ccccn12. The van der Waals surface area contributed by atoms with Crippen molar-refractivity contribution in [2.24, 2.45) is 0 Å². The molecule has 0 saturated carbocycles. The Bertz CT molecular complexity index is 921. The molecule has 0 radical (unpaired) electrons. The van der Waals surface area contributed by atoms with Crippen LogP contribution in [0.25, 0.3) is 5.65 Å². The van der Waals surface area contributed by atoms with Gasteiger partial charge in [-0.3, -0.25) is 9.20 Å². The number of pyridine rings is 1. The number of nitrogens with one attached hydrogen (secondary N) is 1. The maximum Gasteiger partial charge on any atom is 0.220 e. The number of hydrogen-bond donors (Lipinski definition) is 1. The largest absolute Gasteiger partial charge is 0.346 e. The van der Waals surface area contributed by atoms with Crippen molar-refractivity contribution in [1.29, 1.82) is 0 Å². The molecule has 0 fully saturated rings. The molecule has 142 valence electrons. The summed E-state index contributed by atoms with van der Waals surface area (Å²) in [4.78, 5) is 12.6. The summed E-state index contributed by atoms with van der Waals surface area (Å²) >= 11 is 1.76. The Morgan fingerprint density at radius 3 is 2.85 bits per heavy atom. The van der Waals surface area contributed by atoms with Crippen molar-refractivity contribution >= 4 is 23.3 Å².